The highest BCUT2D eigenvalue weighted by Gasteiger charge is 2.05. The Morgan fingerprint density at radius 3 is 3.00 bits per heavy atom. The Morgan fingerprint density at radius 1 is 1.59 bits per heavy atom. The minimum absolute atomic E-state index is 0.0302. The van der Waals surface area contributed by atoms with Crippen molar-refractivity contribution in [3.05, 3.63) is 40.9 Å². The van der Waals surface area contributed by atoms with Crippen molar-refractivity contribution >= 4 is 21.8 Å². The van der Waals surface area contributed by atoms with Gasteiger partial charge in [0.15, 0.2) is 6.61 Å². The van der Waals surface area contributed by atoms with Gasteiger partial charge < -0.3 is 10.1 Å². The van der Waals surface area contributed by atoms with Gasteiger partial charge in [-0.1, -0.05) is 28.9 Å². The lowest BCUT2D eigenvalue weighted by Gasteiger charge is -2.10. The largest absolute Gasteiger partial charge is 0.483 e. The molecule has 0 bridgehead atoms. The summed E-state index contributed by atoms with van der Waals surface area (Å²) >= 11 is 3.41. The molecule has 0 heterocycles. The van der Waals surface area contributed by atoms with Crippen LogP contribution in [0.4, 0.5) is 0 Å². The van der Waals surface area contributed by atoms with Crippen molar-refractivity contribution in [2.75, 3.05) is 13.2 Å². The number of hydrogen-bond acceptors (Lipinski definition) is 2. The highest BCUT2D eigenvalue weighted by molar-refractivity contribution is 9.10. The van der Waals surface area contributed by atoms with Crippen molar-refractivity contribution in [3.63, 3.8) is 0 Å². The topological polar surface area (TPSA) is 38.3 Å². The van der Waals surface area contributed by atoms with Crippen LogP contribution in [0.1, 0.15) is 12.5 Å². The molecule has 0 aromatic heterocycles. The summed E-state index contributed by atoms with van der Waals surface area (Å²) < 4.78 is 6.49. The van der Waals surface area contributed by atoms with E-state index in [2.05, 4.69) is 27.8 Å². The summed E-state index contributed by atoms with van der Waals surface area (Å²) in [5, 5.41) is 2.66. The number of amides is 1. The summed E-state index contributed by atoms with van der Waals surface area (Å²) in [6.07, 6.45) is 2.50. The molecule has 0 radical (unpaired) electrons. The van der Waals surface area contributed by atoms with Crippen LogP contribution >= 0.6 is 15.9 Å². The van der Waals surface area contributed by atoms with Crippen LogP contribution in [-0.2, 0) is 11.2 Å². The van der Waals surface area contributed by atoms with Crippen molar-refractivity contribution in [1.82, 2.24) is 5.32 Å². The predicted octanol–water partition coefficient (Wildman–Crippen LogP) is 2.69. The number of nitrogens with one attached hydrogen (secondary N) is 1. The molecule has 1 amide bonds. The van der Waals surface area contributed by atoms with Gasteiger partial charge in [0, 0.05) is 11.0 Å². The molecule has 1 N–H and O–H groups in total. The van der Waals surface area contributed by atoms with Crippen LogP contribution in [0.3, 0.4) is 0 Å². The molecular formula is C13H16BrNO2. The van der Waals surface area contributed by atoms with E-state index in [4.69, 9.17) is 4.74 Å². The molecule has 3 nitrogen and oxygen atoms in total. The molecule has 0 saturated carbocycles. The van der Waals surface area contributed by atoms with Gasteiger partial charge in [-0.15, -0.1) is 6.58 Å². The number of hydrogen-bond donors (Lipinski definition) is 1. The van der Waals surface area contributed by atoms with Crippen LogP contribution in [0, 0.1) is 0 Å². The maximum Gasteiger partial charge on any atom is 0.258 e. The quantitative estimate of drug-likeness (QED) is 0.820. The van der Waals surface area contributed by atoms with Crippen molar-refractivity contribution in [1.29, 1.82) is 0 Å². The van der Waals surface area contributed by atoms with E-state index < -0.39 is 0 Å². The molecular weight excluding hydrogens is 282 g/mol. The standard InChI is InChI=1S/C13H16BrNO2/c1-3-7-15-13(16)9-17-12-6-5-11(14)8-10(12)4-2/h3,5-6,8H,1,4,7,9H2,2H3,(H,15,16). The molecule has 0 atom stereocenters. The number of carbonyl (C=O) groups excluding carboxylic acids is 1. The van der Waals surface area contributed by atoms with Crippen LogP contribution in [-0.4, -0.2) is 19.1 Å². The summed E-state index contributed by atoms with van der Waals surface area (Å²) in [5.74, 6) is 0.610. The lowest BCUT2D eigenvalue weighted by Crippen LogP contribution is -2.28. The molecule has 0 fully saturated rings. The second-order valence-electron chi connectivity index (χ2n) is 3.49. The molecule has 1 aromatic carbocycles. The van der Waals surface area contributed by atoms with Crippen LogP contribution in [0.25, 0.3) is 0 Å². The molecule has 0 aliphatic heterocycles. The van der Waals surface area contributed by atoms with Crippen LogP contribution < -0.4 is 10.1 Å². The van der Waals surface area contributed by atoms with E-state index in [-0.39, 0.29) is 12.5 Å². The molecule has 0 unspecified atom stereocenters. The second kappa shape index (κ2) is 7.12. The fourth-order valence-corrected chi connectivity index (χ4v) is 1.75. The van der Waals surface area contributed by atoms with E-state index in [9.17, 15) is 4.79 Å². The maximum absolute atomic E-state index is 11.3. The summed E-state index contributed by atoms with van der Waals surface area (Å²) in [7, 11) is 0. The van der Waals surface area contributed by atoms with E-state index in [0.717, 1.165) is 22.2 Å². The summed E-state index contributed by atoms with van der Waals surface area (Å²) in [5.41, 5.74) is 1.08. The zero-order valence-electron chi connectivity index (χ0n) is 9.83. The first-order chi connectivity index (χ1) is 8.17. The van der Waals surface area contributed by atoms with Gasteiger partial charge in [0.25, 0.3) is 5.91 Å². The third-order valence-electron chi connectivity index (χ3n) is 2.21. The van der Waals surface area contributed by atoms with Gasteiger partial charge in [0.05, 0.1) is 0 Å². The number of benzene rings is 1. The van der Waals surface area contributed by atoms with Crippen LogP contribution in [0.5, 0.6) is 5.75 Å². The van der Waals surface area contributed by atoms with Crippen molar-refractivity contribution in [3.8, 4) is 5.75 Å². The number of ether oxygens (including phenoxy) is 1. The van der Waals surface area contributed by atoms with Gasteiger partial charge in [-0.3, -0.25) is 4.79 Å². The molecule has 1 aromatic rings. The zero-order chi connectivity index (χ0) is 12.7. The lowest BCUT2D eigenvalue weighted by molar-refractivity contribution is -0.122. The van der Waals surface area contributed by atoms with Gasteiger partial charge in [-0.2, -0.15) is 0 Å². The van der Waals surface area contributed by atoms with E-state index in [1.165, 1.54) is 0 Å². The highest BCUT2D eigenvalue weighted by atomic mass is 79.9. The van der Waals surface area contributed by atoms with E-state index in [0.29, 0.717) is 6.54 Å². The van der Waals surface area contributed by atoms with E-state index in [1.54, 1.807) is 6.08 Å². The molecule has 0 spiro atoms. The Labute approximate surface area is 110 Å². The molecule has 17 heavy (non-hydrogen) atoms. The summed E-state index contributed by atoms with van der Waals surface area (Å²) in [6, 6.07) is 5.76. The third kappa shape index (κ3) is 4.61. The van der Waals surface area contributed by atoms with E-state index >= 15 is 0 Å². The Kier molecular flexibility index (Phi) is 5.77. The number of aryl methyl sites for hydroxylation is 1. The minimum Gasteiger partial charge on any atom is -0.483 e. The fraction of sp³-hybridized carbons (Fsp3) is 0.308. The molecule has 0 aliphatic carbocycles. The second-order valence-corrected chi connectivity index (χ2v) is 4.40. The Bertz CT molecular complexity index is 404. The van der Waals surface area contributed by atoms with Gasteiger partial charge in [-0.25, -0.2) is 0 Å². The number of carbonyl (C=O) groups is 1. The van der Waals surface area contributed by atoms with Crippen molar-refractivity contribution < 1.29 is 9.53 Å². The summed E-state index contributed by atoms with van der Waals surface area (Å²) in [4.78, 5) is 11.3. The van der Waals surface area contributed by atoms with Gasteiger partial charge in [-0.05, 0) is 30.2 Å². The predicted molar refractivity (Wildman–Crippen MR) is 72.2 cm³/mol. The van der Waals surface area contributed by atoms with Crippen LogP contribution in [0.2, 0.25) is 0 Å². The Hall–Kier alpha value is -1.29. The SMILES string of the molecule is C=CCNC(=O)COc1ccc(Br)cc1CC. The maximum atomic E-state index is 11.3. The molecule has 92 valence electrons. The van der Waals surface area contributed by atoms with Crippen LogP contribution in [0.15, 0.2) is 35.3 Å². The normalized spacial score (nSPS) is 9.76. The van der Waals surface area contributed by atoms with E-state index in [1.807, 2.05) is 25.1 Å². The smallest absolute Gasteiger partial charge is 0.258 e. The third-order valence-corrected chi connectivity index (χ3v) is 2.70. The monoisotopic (exact) mass is 297 g/mol. The Balaban J connectivity index is 2.56. The first-order valence-electron chi connectivity index (χ1n) is 5.46. The molecule has 0 aliphatic rings. The first-order valence-corrected chi connectivity index (χ1v) is 6.25. The lowest BCUT2D eigenvalue weighted by atomic mass is 10.1. The zero-order valence-corrected chi connectivity index (χ0v) is 11.4. The van der Waals surface area contributed by atoms with Crippen molar-refractivity contribution in [2.24, 2.45) is 0 Å². The molecule has 1 rings (SSSR count). The van der Waals surface area contributed by atoms with Gasteiger partial charge in [0.2, 0.25) is 0 Å². The van der Waals surface area contributed by atoms with Crippen molar-refractivity contribution in [2.45, 2.75) is 13.3 Å². The first kappa shape index (κ1) is 13.8. The average Bonchev–Trinajstić information content (AvgIpc) is 2.34. The average molecular weight is 298 g/mol. The van der Waals surface area contributed by atoms with Gasteiger partial charge >= 0.3 is 0 Å². The fourth-order valence-electron chi connectivity index (χ4n) is 1.35. The minimum atomic E-state index is -0.144. The number of halogens is 1. The summed E-state index contributed by atoms with van der Waals surface area (Å²) in [6.45, 7) is 6.07. The van der Waals surface area contributed by atoms with Gasteiger partial charge in [0.1, 0.15) is 5.75 Å². The molecule has 4 heteroatoms. The highest BCUT2D eigenvalue weighted by Crippen LogP contribution is 2.23. The number of rotatable bonds is 6. The molecule has 0 saturated heterocycles. The Morgan fingerprint density at radius 2 is 2.35 bits per heavy atom.